The summed E-state index contributed by atoms with van der Waals surface area (Å²) in [6.45, 7) is 3.22. The number of halogens is 2. The number of aryl methyl sites for hydroxylation is 1. The summed E-state index contributed by atoms with van der Waals surface area (Å²) in [5.74, 6) is -1.52. The largest absolute Gasteiger partial charge is 0.478 e. The first kappa shape index (κ1) is 17.7. The molecule has 2 heterocycles. The number of carboxylic acid groups (broad SMARTS) is 1. The summed E-state index contributed by atoms with van der Waals surface area (Å²) in [6, 6.07) is 0.896. The fourth-order valence-electron chi connectivity index (χ4n) is 2.45. The Morgan fingerprint density at radius 2 is 2.04 bits per heavy atom. The number of benzene rings is 1. The van der Waals surface area contributed by atoms with E-state index in [1.807, 2.05) is 0 Å². The van der Waals surface area contributed by atoms with Crippen molar-refractivity contribution in [2.45, 2.75) is 19.9 Å². The van der Waals surface area contributed by atoms with E-state index in [9.17, 15) is 14.0 Å². The van der Waals surface area contributed by atoms with E-state index in [1.165, 1.54) is 6.07 Å². The second kappa shape index (κ2) is 6.68. The Kier molecular flexibility index (Phi) is 4.56. The molecule has 2 aromatic heterocycles. The first-order valence-electron chi connectivity index (χ1n) is 7.48. The van der Waals surface area contributed by atoms with Crippen LogP contribution in [0.25, 0.3) is 10.9 Å². The number of hydrogen-bond donors (Lipinski definition) is 3. The van der Waals surface area contributed by atoms with Crippen molar-refractivity contribution >= 4 is 34.4 Å². The highest BCUT2D eigenvalue weighted by atomic mass is 35.5. The number of nitrogens with zero attached hydrogens (tertiary/aromatic N) is 3. The minimum atomic E-state index is -1.15. The van der Waals surface area contributed by atoms with Gasteiger partial charge in [0.05, 0.1) is 22.0 Å². The maximum absolute atomic E-state index is 14.6. The topological polar surface area (TPSA) is 121 Å². The molecule has 3 N–H and O–H groups in total. The summed E-state index contributed by atoms with van der Waals surface area (Å²) < 4.78 is 14.6. The van der Waals surface area contributed by atoms with Crippen molar-refractivity contribution in [1.82, 2.24) is 19.9 Å². The molecule has 0 saturated carbocycles. The molecule has 1 aromatic carbocycles. The number of H-pyrrole nitrogens is 1. The molecule has 3 rings (SSSR count). The lowest BCUT2D eigenvalue weighted by Gasteiger charge is -2.17. The van der Waals surface area contributed by atoms with Gasteiger partial charge in [-0.3, -0.25) is 4.79 Å². The molecule has 0 radical (unpaired) electrons. The Balaban J connectivity index is 2.00. The minimum Gasteiger partial charge on any atom is -0.478 e. The molecule has 1 atom stereocenters. The number of nitrogens with one attached hydrogen (secondary N) is 2. The molecule has 8 nitrogen and oxygen atoms in total. The molecule has 1 unspecified atom stereocenters. The molecule has 0 bridgehead atoms. The molecule has 0 aliphatic carbocycles. The van der Waals surface area contributed by atoms with Crippen LogP contribution in [0.2, 0.25) is 5.02 Å². The molecule has 26 heavy (non-hydrogen) atoms. The molecule has 0 amide bonds. The van der Waals surface area contributed by atoms with Gasteiger partial charge in [0.25, 0.3) is 5.56 Å². The van der Waals surface area contributed by atoms with Crippen molar-refractivity contribution in [1.29, 1.82) is 0 Å². The quantitative estimate of drug-likeness (QED) is 0.639. The van der Waals surface area contributed by atoms with E-state index < -0.39 is 23.4 Å². The van der Waals surface area contributed by atoms with Crippen LogP contribution in [0.15, 0.2) is 23.3 Å². The highest BCUT2D eigenvalue weighted by Gasteiger charge is 2.20. The molecule has 0 aliphatic rings. The molecule has 134 valence electrons. The van der Waals surface area contributed by atoms with E-state index >= 15 is 0 Å². The van der Waals surface area contributed by atoms with E-state index in [0.29, 0.717) is 5.56 Å². The highest BCUT2D eigenvalue weighted by Crippen LogP contribution is 2.31. The second-order valence-electron chi connectivity index (χ2n) is 5.61. The number of carbonyl (C=O) groups is 1. The Morgan fingerprint density at radius 1 is 1.38 bits per heavy atom. The zero-order valence-corrected chi connectivity index (χ0v) is 14.4. The van der Waals surface area contributed by atoms with Gasteiger partial charge < -0.3 is 15.4 Å². The fourth-order valence-corrected chi connectivity index (χ4v) is 2.75. The molecule has 0 spiro atoms. The van der Waals surface area contributed by atoms with Crippen LogP contribution in [0.1, 0.15) is 34.7 Å². The van der Waals surface area contributed by atoms with E-state index in [1.54, 1.807) is 13.8 Å². The van der Waals surface area contributed by atoms with E-state index in [4.69, 9.17) is 16.7 Å². The van der Waals surface area contributed by atoms with E-state index in [-0.39, 0.29) is 33.3 Å². The molecule has 0 saturated heterocycles. The van der Waals surface area contributed by atoms with Gasteiger partial charge in [0.1, 0.15) is 11.3 Å². The lowest BCUT2D eigenvalue weighted by molar-refractivity contribution is 0.0696. The van der Waals surface area contributed by atoms with Gasteiger partial charge in [-0.05, 0) is 25.5 Å². The van der Waals surface area contributed by atoms with Crippen LogP contribution >= 0.6 is 11.6 Å². The number of aromatic carboxylic acids is 1. The Morgan fingerprint density at radius 3 is 2.65 bits per heavy atom. The zero-order valence-electron chi connectivity index (χ0n) is 13.7. The van der Waals surface area contributed by atoms with Gasteiger partial charge in [0.2, 0.25) is 5.95 Å². The van der Waals surface area contributed by atoms with Crippen molar-refractivity contribution in [3.63, 3.8) is 0 Å². The molecule has 0 fully saturated rings. The average molecular weight is 378 g/mol. The Labute approximate surface area is 151 Å². The number of hydrogen-bond acceptors (Lipinski definition) is 6. The van der Waals surface area contributed by atoms with Crippen molar-refractivity contribution in [3.05, 3.63) is 56.6 Å². The third kappa shape index (κ3) is 3.21. The summed E-state index contributed by atoms with van der Waals surface area (Å²) in [4.78, 5) is 37.2. The number of carboxylic acids is 1. The number of rotatable bonds is 4. The van der Waals surface area contributed by atoms with Gasteiger partial charge in [0, 0.05) is 12.4 Å². The second-order valence-corrected chi connectivity index (χ2v) is 5.99. The predicted molar refractivity (Wildman–Crippen MR) is 93.1 cm³/mol. The summed E-state index contributed by atoms with van der Waals surface area (Å²) in [6.07, 6.45) is 2.29. The smallest absolute Gasteiger partial charge is 0.338 e. The van der Waals surface area contributed by atoms with E-state index in [0.717, 1.165) is 12.4 Å². The molecule has 0 aliphatic heterocycles. The van der Waals surface area contributed by atoms with Crippen molar-refractivity contribution in [2.75, 3.05) is 5.32 Å². The van der Waals surface area contributed by atoms with Crippen LogP contribution in [0.3, 0.4) is 0 Å². The van der Waals surface area contributed by atoms with Crippen molar-refractivity contribution in [3.8, 4) is 0 Å². The van der Waals surface area contributed by atoms with Gasteiger partial charge in [-0.15, -0.1) is 0 Å². The standard InChI is InChI=1S/C16H13ClFN5O3/c1-6(21-16-19-4-8(5-20-16)15(25)26)9-3-10-13(12(18)11(9)17)22-7(2)23-14(10)24/h3-6H,1-2H3,(H,25,26)(H,19,20,21)(H,22,23,24). The average Bonchev–Trinajstić information content (AvgIpc) is 2.58. The monoisotopic (exact) mass is 377 g/mol. The van der Waals surface area contributed by atoms with Crippen LogP contribution in [0.5, 0.6) is 0 Å². The van der Waals surface area contributed by atoms with Crippen LogP contribution in [-0.2, 0) is 0 Å². The number of aromatic nitrogens is 4. The maximum Gasteiger partial charge on any atom is 0.338 e. The van der Waals surface area contributed by atoms with Gasteiger partial charge in [-0.25, -0.2) is 24.1 Å². The fraction of sp³-hybridized carbons (Fsp3) is 0.188. The zero-order chi connectivity index (χ0) is 19.0. The third-order valence-corrected chi connectivity index (χ3v) is 4.12. The Hall–Kier alpha value is -3.07. The van der Waals surface area contributed by atoms with Gasteiger partial charge in [0.15, 0.2) is 5.82 Å². The van der Waals surface area contributed by atoms with Crippen molar-refractivity contribution < 1.29 is 14.3 Å². The molecule has 3 aromatic rings. The number of aromatic amines is 1. The lowest BCUT2D eigenvalue weighted by atomic mass is 10.1. The summed E-state index contributed by atoms with van der Waals surface area (Å²) >= 11 is 6.12. The van der Waals surface area contributed by atoms with Gasteiger partial charge in [-0.2, -0.15) is 0 Å². The SMILES string of the molecule is Cc1nc2c(F)c(Cl)c(C(C)Nc3ncc(C(=O)O)cn3)cc2c(=O)[nH]1. The molecular formula is C16H13ClFN5O3. The summed E-state index contributed by atoms with van der Waals surface area (Å²) in [5.41, 5.74) is -0.322. The molecular weight excluding hydrogens is 365 g/mol. The van der Waals surface area contributed by atoms with Gasteiger partial charge >= 0.3 is 5.97 Å². The number of anilines is 1. The maximum atomic E-state index is 14.6. The summed E-state index contributed by atoms with van der Waals surface area (Å²) in [5, 5.41) is 11.6. The summed E-state index contributed by atoms with van der Waals surface area (Å²) in [7, 11) is 0. The predicted octanol–water partition coefficient (Wildman–Crippen LogP) is 2.69. The third-order valence-electron chi connectivity index (χ3n) is 3.74. The highest BCUT2D eigenvalue weighted by molar-refractivity contribution is 6.32. The minimum absolute atomic E-state index is 0.0639. The lowest BCUT2D eigenvalue weighted by Crippen LogP contribution is -2.15. The van der Waals surface area contributed by atoms with Crippen LogP contribution < -0.4 is 10.9 Å². The first-order chi connectivity index (χ1) is 12.3. The van der Waals surface area contributed by atoms with Crippen LogP contribution in [-0.4, -0.2) is 31.0 Å². The van der Waals surface area contributed by atoms with Crippen LogP contribution in [0, 0.1) is 12.7 Å². The van der Waals surface area contributed by atoms with Crippen LogP contribution in [0.4, 0.5) is 10.3 Å². The number of fused-ring (bicyclic) bond motifs is 1. The van der Waals surface area contributed by atoms with E-state index in [2.05, 4.69) is 25.3 Å². The molecule has 10 heteroatoms. The van der Waals surface area contributed by atoms with Gasteiger partial charge in [-0.1, -0.05) is 11.6 Å². The normalized spacial score (nSPS) is 12.2. The first-order valence-corrected chi connectivity index (χ1v) is 7.86. The van der Waals surface area contributed by atoms with Crippen molar-refractivity contribution in [2.24, 2.45) is 0 Å². The Bertz CT molecular complexity index is 1070.